The van der Waals surface area contributed by atoms with Gasteiger partial charge in [0.2, 0.25) is 0 Å². The van der Waals surface area contributed by atoms with Gasteiger partial charge in [0, 0.05) is 26.1 Å². The standard InChI is InChI=1S/C12H21F2NO4/c1-10(2,3)19-9(17)15-11(5-7-18-8-11)12(13,14)4-6-16/h16H,4-8H2,1-3H3,(H,15,17). The normalized spacial score (nSPS) is 24.3. The minimum atomic E-state index is -3.25. The number of carbonyl (C=O) groups excluding carboxylic acids is 1. The van der Waals surface area contributed by atoms with Crippen molar-refractivity contribution in [1.82, 2.24) is 5.32 Å². The lowest BCUT2D eigenvalue weighted by Gasteiger charge is -2.36. The van der Waals surface area contributed by atoms with E-state index in [1.807, 2.05) is 0 Å². The lowest BCUT2D eigenvalue weighted by atomic mass is 9.88. The fourth-order valence-corrected chi connectivity index (χ4v) is 1.92. The Labute approximate surface area is 111 Å². The van der Waals surface area contributed by atoms with Gasteiger partial charge in [-0.05, 0) is 20.8 Å². The highest BCUT2D eigenvalue weighted by atomic mass is 19.3. The zero-order chi connectivity index (χ0) is 14.7. The molecule has 2 N–H and O–H groups in total. The summed E-state index contributed by atoms with van der Waals surface area (Å²) in [5.74, 6) is -3.25. The number of halogens is 2. The molecule has 0 aromatic carbocycles. The number of nitrogens with one attached hydrogen (secondary N) is 1. The van der Waals surface area contributed by atoms with Gasteiger partial charge in [0.15, 0.2) is 0 Å². The second-order valence-electron chi connectivity index (χ2n) is 5.69. The number of amides is 1. The van der Waals surface area contributed by atoms with Gasteiger partial charge < -0.3 is 19.9 Å². The van der Waals surface area contributed by atoms with Crippen LogP contribution >= 0.6 is 0 Å². The molecule has 1 fully saturated rings. The van der Waals surface area contributed by atoms with Crippen molar-refractivity contribution in [1.29, 1.82) is 0 Å². The highest BCUT2D eigenvalue weighted by Gasteiger charge is 2.56. The van der Waals surface area contributed by atoms with Crippen LogP contribution in [-0.4, -0.2) is 48.1 Å². The second kappa shape index (κ2) is 5.58. The van der Waals surface area contributed by atoms with Crippen molar-refractivity contribution in [2.24, 2.45) is 0 Å². The van der Waals surface area contributed by atoms with E-state index in [2.05, 4.69) is 5.32 Å². The van der Waals surface area contributed by atoms with E-state index in [4.69, 9.17) is 14.6 Å². The minimum absolute atomic E-state index is 0.0146. The molecular formula is C12H21F2NO4. The molecule has 1 rings (SSSR count). The van der Waals surface area contributed by atoms with Crippen LogP contribution in [0.25, 0.3) is 0 Å². The van der Waals surface area contributed by atoms with Crippen LogP contribution in [0.15, 0.2) is 0 Å². The maximum absolute atomic E-state index is 14.1. The minimum Gasteiger partial charge on any atom is -0.444 e. The average Bonchev–Trinajstić information content (AvgIpc) is 2.64. The molecule has 1 unspecified atom stereocenters. The zero-order valence-corrected chi connectivity index (χ0v) is 11.5. The molecule has 1 atom stereocenters. The van der Waals surface area contributed by atoms with Gasteiger partial charge in [0.25, 0.3) is 5.92 Å². The van der Waals surface area contributed by atoms with Crippen LogP contribution in [0.5, 0.6) is 0 Å². The third-order valence-corrected chi connectivity index (χ3v) is 2.89. The molecule has 112 valence electrons. The number of hydrogen-bond acceptors (Lipinski definition) is 4. The van der Waals surface area contributed by atoms with Crippen molar-refractivity contribution in [3.63, 3.8) is 0 Å². The van der Waals surface area contributed by atoms with Crippen molar-refractivity contribution in [3.8, 4) is 0 Å². The van der Waals surface area contributed by atoms with Crippen molar-refractivity contribution in [2.75, 3.05) is 19.8 Å². The monoisotopic (exact) mass is 281 g/mol. The Hall–Kier alpha value is -0.950. The van der Waals surface area contributed by atoms with Crippen LogP contribution in [-0.2, 0) is 9.47 Å². The van der Waals surface area contributed by atoms with Crippen molar-refractivity contribution in [2.45, 2.75) is 50.7 Å². The number of carbonyl (C=O) groups is 1. The Morgan fingerprint density at radius 3 is 2.53 bits per heavy atom. The molecule has 1 saturated heterocycles. The lowest BCUT2D eigenvalue weighted by Crippen LogP contribution is -2.62. The Morgan fingerprint density at radius 2 is 2.11 bits per heavy atom. The van der Waals surface area contributed by atoms with Crippen LogP contribution in [0.1, 0.15) is 33.6 Å². The quantitative estimate of drug-likeness (QED) is 0.823. The highest BCUT2D eigenvalue weighted by molar-refractivity contribution is 5.69. The van der Waals surface area contributed by atoms with E-state index in [1.165, 1.54) is 0 Å². The third-order valence-electron chi connectivity index (χ3n) is 2.89. The molecule has 1 aliphatic rings. The van der Waals surface area contributed by atoms with Gasteiger partial charge in [-0.25, -0.2) is 13.6 Å². The summed E-state index contributed by atoms with van der Waals surface area (Å²) in [7, 11) is 0. The van der Waals surface area contributed by atoms with Crippen LogP contribution in [0.4, 0.5) is 13.6 Å². The summed E-state index contributed by atoms with van der Waals surface area (Å²) in [6, 6.07) is 0. The number of alkyl carbamates (subject to hydrolysis) is 1. The Bertz CT molecular complexity index is 322. The van der Waals surface area contributed by atoms with Gasteiger partial charge in [0.05, 0.1) is 6.61 Å². The van der Waals surface area contributed by atoms with Gasteiger partial charge >= 0.3 is 6.09 Å². The number of alkyl halides is 2. The summed E-state index contributed by atoms with van der Waals surface area (Å²) in [5, 5.41) is 11.0. The van der Waals surface area contributed by atoms with Crippen molar-refractivity contribution >= 4 is 6.09 Å². The van der Waals surface area contributed by atoms with Gasteiger partial charge in [0.1, 0.15) is 11.1 Å². The second-order valence-corrected chi connectivity index (χ2v) is 5.69. The first-order valence-electron chi connectivity index (χ1n) is 6.19. The lowest BCUT2D eigenvalue weighted by molar-refractivity contribution is -0.105. The van der Waals surface area contributed by atoms with E-state index < -0.39 is 36.2 Å². The van der Waals surface area contributed by atoms with Crippen molar-refractivity contribution in [3.05, 3.63) is 0 Å². The van der Waals surface area contributed by atoms with Gasteiger partial charge in [-0.2, -0.15) is 0 Å². The number of rotatable bonds is 4. The summed E-state index contributed by atoms with van der Waals surface area (Å²) < 4.78 is 38.1. The Balaban J connectivity index is 2.80. The summed E-state index contributed by atoms with van der Waals surface area (Å²) in [4.78, 5) is 11.7. The largest absolute Gasteiger partial charge is 0.444 e. The van der Waals surface area contributed by atoms with E-state index in [0.717, 1.165) is 0 Å². The molecule has 1 heterocycles. The van der Waals surface area contributed by atoms with Crippen LogP contribution in [0, 0.1) is 0 Å². The van der Waals surface area contributed by atoms with Gasteiger partial charge in [-0.15, -0.1) is 0 Å². The molecule has 19 heavy (non-hydrogen) atoms. The summed E-state index contributed by atoms with van der Waals surface area (Å²) >= 11 is 0. The van der Waals surface area contributed by atoms with E-state index in [9.17, 15) is 13.6 Å². The number of hydrogen-bond donors (Lipinski definition) is 2. The summed E-state index contributed by atoms with van der Waals surface area (Å²) in [5.41, 5.74) is -2.57. The van der Waals surface area contributed by atoms with E-state index in [-0.39, 0.29) is 19.6 Å². The molecule has 0 aromatic heterocycles. The van der Waals surface area contributed by atoms with E-state index in [0.29, 0.717) is 0 Å². The van der Waals surface area contributed by atoms with Crippen LogP contribution in [0.2, 0.25) is 0 Å². The zero-order valence-electron chi connectivity index (χ0n) is 11.5. The van der Waals surface area contributed by atoms with Gasteiger partial charge in [-0.1, -0.05) is 0 Å². The molecular weight excluding hydrogens is 260 g/mol. The molecule has 0 aromatic rings. The highest BCUT2D eigenvalue weighted by Crippen LogP contribution is 2.38. The third kappa shape index (κ3) is 4.01. The van der Waals surface area contributed by atoms with Gasteiger partial charge in [-0.3, -0.25) is 0 Å². The molecule has 0 bridgehead atoms. The molecule has 5 nitrogen and oxygen atoms in total. The molecule has 0 aliphatic carbocycles. The maximum Gasteiger partial charge on any atom is 0.408 e. The first kappa shape index (κ1) is 16.1. The average molecular weight is 281 g/mol. The Kier molecular flexibility index (Phi) is 4.73. The molecule has 0 spiro atoms. The topological polar surface area (TPSA) is 67.8 Å². The molecule has 1 aliphatic heterocycles. The molecule has 7 heteroatoms. The number of ether oxygens (including phenoxy) is 2. The number of aliphatic hydroxyl groups excluding tert-OH is 1. The predicted octanol–water partition coefficient (Wildman–Crippen LogP) is 1.69. The maximum atomic E-state index is 14.1. The molecule has 1 amide bonds. The fourth-order valence-electron chi connectivity index (χ4n) is 1.92. The smallest absolute Gasteiger partial charge is 0.408 e. The Morgan fingerprint density at radius 1 is 1.47 bits per heavy atom. The fraction of sp³-hybridized carbons (Fsp3) is 0.917. The summed E-state index contributed by atoms with van der Waals surface area (Å²) in [6.07, 6.45) is -1.65. The number of aliphatic hydroxyl groups is 1. The summed E-state index contributed by atoms with van der Waals surface area (Å²) in [6.45, 7) is 4.13. The first-order chi connectivity index (χ1) is 8.62. The molecule has 0 radical (unpaired) electrons. The van der Waals surface area contributed by atoms with E-state index >= 15 is 0 Å². The SMILES string of the molecule is CC(C)(C)OC(=O)NC1(C(F)(F)CCO)CCOC1. The predicted molar refractivity (Wildman–Crippen MR) is 64.2 cm³/mol. The molecule has 0 saturated carbocycles. The van der Waals surface area contributed by atoms with Crippen molar-refractivity contribution < 1.29 is 28.2 Å². The van der Waals surface area contributed by atoms with Crippen LogP contribution < -0.4 is 5.32 Å². The van der Waals surface area contributed by atoms with E-state index in [1.54, 1.807) is 20.8 Å². The first-order valence-corrected chi connectivity index (χ1v) is 6.19. The van der Waals surface area contributed by atoms with Crippen LogP contribution in [0.3, 0.4) is 0 Å².